The Hall–Kier alpha value is -4.21. The third kappa shape index (κ3) is 6.11. The van der Waals surface area contributed by atoms with Crippen molar-refractivity contribution in [1.82, 2.24) is 15.6 Å². The van der Waals surface area contributed by atoms with E-state index in [1.54, 1.807) is 31.2 Å². The summed E-state index contributed by atoms with van der Waals surface area (Å²) >= 11 is 0. The van der Waals surface area contributed by atoms with Crippen LogP contribution in [0.1, 0.15) is 74.6 Å². The molecule has 9 heteroatoms. The van der Waals surface area contributed by atoms with E-state index >= 15 is 0 Å². The molecule has 214 valence electrons. The van der Waals surface area contributed by atoms with Gasteiger partial charge in [0.1, 0.15) is 0 Å². The second-order valence-corrected chi connectivity index (χ2v) is 10.8. The fourth-order valence-electron chi connectivity index (χ4n) is 5.53. The zero-order valence-corrected chi connectivity index (χ0v) is 23.5. The number of aryl methyl sites for hydroxylation is 1. The average molecular weight is 557 g/mol. The molecule has 2 aliphatic rings. The molecule has 3 heterocycles. The zero-order chi connectivity index (χ0) is 29.1. The zero-order valence-electron chi connectivity index (χ0n) is 23.5. The number of hydrogen-bond donors (Lipinski definition) is 5. The van der Waals surface area contributed by atoms with E-state index in [0.717, 1.165) is 18.4 Å². The van der Waals surface area contributed by atoms with Gasteiger partial charge in [-0.1, -0.05) is 30.3 Å². The van der Waals surface area contributed by atoms with Crippen LogP contribution in [-0.2, 0) is 9.53 Å². The lowest BCUT2D eigenvalue weighted by atomic mass is 9.94. The van der Waals surface area contributed by atoms with E-state index in [4.69, 9.17) is 4.74 Å². The molecule has 2 aliphatic heterocycles. The summed E-state index contributed by atoms with van der Waals surface area (Å²) in [6.45, 7) is 6.96. The molecule has 3 amide bonds. The van der Waals surface area contributed by atoms with Crippen LogP contribution in [-0.4, -0.2) is 53.7 Å². The monoisotopic (exact) mass is 556 g/mol. The minimum absolute atomic E-state index is 0.104. The smallest absolute Gasteiger partial charge is 0.256 e. The molecule has 0 spiro atoms. The molecule has 2 atom stereocenters. The van der Waals surface area contributed by atoms with Gasteiger partial charge in [0.05, 0.1) is 23.3 Å². The maximum atomic E-state index is 13.1. The van der Waals surface area contributed by atoms with Crippen LogP contribution >= 0.6 is 0 Å². The molecular formula is C32H36N4O5. The predicted molar refractivity (Wildman–Crippen MR) is 157 cm³/mol. The van der Waals surface area contributed by atoms with Crippen molar-refractivity contribution < 1.29 is 24.2 Å². The first-order valence-electron chi connectivity index (χ1n) is 14.0. The summed E-state index contributed by atoms with van der Waals surface area (Å²) in [5.74, 6) is -0.703. The van der Waals surface area contributed by atoms with Crippen molar-refractivity contribution in [1.29, 1.82) is 0 Å². The van der Waals surface area contributed by atoms with Crippen LogP contribution in [0.25, 0.3) is 11.6 Å². The highest BCUT2D eigenvalue weighted by atomic mass is 16.5. The number of rotatable bonds is 8. The number of H-pyrrole nitrogens is 1. The Morgan fingerprint density at radius 2 is 1.83 bits per heavy atom. The fraction of sp³-hybridized carbons (Fsp3) is 0.344. The highest BCUT2D eigenvalue weighted by Crippen LogP contribution is 2.35. The number of carbonyl (C=O) groups excluding carboxylic acids is 3. The normalized spacial score (nSPS) is 17.6. The van der Waals surface area contributed by atoms with E-state index in [1.165, 1.54) is 0 Å². The van der Waals surface area contributed by atoms with Gasteiger partial charge < -0.3 is 30.8 Å². The molecule has 0 radical (unpaired) electrons. The van der Waals surface area contributed by atoms with E-state index < -0.39 is 6.10 Å². The Morgan fingerprint density at radius 3 is 2.56 bits per heavy atom. The molecule has 9 nitrogen and oxygen atoms in total. The molecule has 1 saturated heterocycles. The number of amides is 3. The van der Waals surface area contributed by atoms with Crippen molar-refractivity contribution in [2.24, 2.45) is 5.92 Å². The van der Waals surface area contributed by atoms with Crippen molar-refractivity contribution >= 4 is 35.1 Å². The third-order valence-corrected chi connectivity index (χ3v) is 7.99. The number of benzene rings is 2. The Morgan fingerprint density at radius 1 is 1.10 bits per heavy atom. The summed E-state index contributed by atoms with van der Waals surface area (Å²) in [5.41, 5.74) is 5.54. The van der Waals surface area contributed by atoms with Crippen molar-refractivity contribution in [3.8, 4) is 0 Å². The van der Waals surface area contributed by atoms with E-state index in [1.807, 2.05) is 44.2 Å². The lowest BCUT2D eigenvalue weighted by Crippen LogP contribution is -2.38. The van der Waals surface area contributed by atoms with Crippen LogP contribution in [0.15, 0.2) is 48.5 Å². The number of aliphatic hydroxyl groups excluding tert-OH is 1. The van der Waals surface area contributed by atoms with Gasteiger partial charge in [-0.3, -0.25) is 14.4 Å². The molecule has 5 rings (SSSR count). The first kappa shape index (κ1) is 28.3. The molecule has 0 aliphatic carbocycles. The molecular weight excluding hydrogens is 520 g/mol. The number of anilines is 1. The highest BCUT2D eigenvalue weighted by Gasteiger charge is 2.28. The molecule has 41 heavy (non-hydrogen) atoms. The van der Waals surface area contributed by atoms with Crippen LogP contribution in [0.4, 0.5) is 5.69 Å². The van der Waals surface area contributed by atoms with Gasteiger partial charge in [-0.2, -0.15) is 0 Å². The molecule has 1 fully saturated rings. The summed E-state index contributed by atoms with van der Waals surface area (Å²) in [7, 11) is 0. The lowest BCUT2D eigenvalue weighted by Gasteiger charge is -2.26. The van der Waals surface area contributed by atoms with Crippen LogP contribution in [0.2, 0.25) is 0 Å². The second kappa shape index (κ2) is 12.1. The standard InChI is InChI=1S/C32H36N4O5/c1-18-27(34-20(3)29(18)32(40)33-17-28(37)22-11-13-41-14-12-22)16-25-24-15-23(9-10-26(24)36-31(25)39)30(38)35-19(2)21-7-5-4-6-8-21/h4-10,15-16,19,22,28,34,37H,11-14,17H2,1-3H3,(H,33,40)(H,35,38)(H,36,39)/b25-16-/t19-,28-/m1/s1. The van der Waals surface area contributed by atoms with E-state index in [0.29, 0.717) is 58.1 Å². The van der Waals surface area contributed by atoms with Gasteiger partial charge in [0, 0.05) is 48.0 Å². The molecule has 3 aromatic rings. The lowest BCUT2D eigenvalue weighted by molar-refractivity contribution is -0.110. The quantitative estimate of drug-likeness (QED) is 0.266. The number of aromatic nitrogens is 1. The molecule has 0 saturated carbocycles. The van der Waals surface area contributed by atoms with Gasteiger partial charge in [0.25, 0.3) is 17.7 Å². The van der Waals surface area contributed by atoms with E-state index in [2.05, 4.69) is 20.9 Å². The van der Waals surface area contributed by atoms with Crippen molar-refractivity contribution in [3.63, 3.8) is 0 Å². The molecule has 2 aromatic carbocycles. The predicted octanol–water partition coefficient (Wildman–Crippen LogP) is 4.13. The molecule has 0 bridgehead atoms. The van der Waals surface area contributed by atoms with E-state index in [-0.39, 0.29) is 36.2 Å². The van der Waals surface area contributed by atoms with Gasteiger partial charge in [-0.15, -0.1) is 0 Å². The molecule has 0 unspecified atom stereocenters. The first-order chi connectivity index (χ1) is 19.7. The van der Waals surface area contributed by atoms with Gasteiger partial charge in [0.15, 0.2) is 0 Å². The minimum atomic E-state index is -0.634. The summed E-state index contributed by atoms with van der Waals surface area (Å²) in [6.07, 6.45) is 2.63. The van der Waals surface area contributed by atoms with Gasteiger partial charge in [-0.05, 0) is 74.9 Å². The van der Waals surface area contributed by atoms with Crippen molar-refractivity contribution in [3.05, 3.63) is 87.7 Å². The van der Waals surface area contributed by atoms with Crippen molar-refractivity contribution in [2.45, 2.75) is 45.8 Å². The summed E-state index contributed by atoms with van der Waals surface area (Å²) in [4.78, 5) is 42.3. The Labute approximate surface area is 239 Å². The van der Waals surface area contributed by atoms with Crippen LogP contribution < -0.4 is 16.0 Å². The van der Waals surface area contributed by atoms with Gasteiger partial charge >= 0.3 is 0 Å². The SMILES string of the molecule is Cc1[nH]c(/C=C2\C(=O)Nc3ccc(C(=O)N[C@H](C)c4ccccc4)cc32)c(C)c1C(=O)NC[C@@H](O)C1CCOCC1. The second-order valence-electron chi connectivity index (χ2n) is 10.8. The first-order valence-corrected chi connectivity index (χ1v) is 14.0. The van der Waals surface area contributed by atoms with Crippen LogP contribution in [0.3, 0.4) is 0 Å². The number of nitrogens with one attached hydrogen (secondary N) is 4. The maximum Gasteiger partial charge on any atom is 0.256 e. The summed E-state index contributed by atoms with van der Waals surface area (Å²) in [5, 5.41) is 19.3. The van der Waals surface area contributed by atoms with Gasteiger partial charge in [-0.25, -0.2) is 0 Å². The topological polar surface area (TPSA) is 133 Å². The number of carbonyl (C=O) groups is 3. The maximum absolute atomic E-state index is 13.1. The number of hydrogen-bond acceptors (Lipinski definition) is 5. The van der Waals surface area contributed by atoms with E-state index in [9.17, 15) is 19.5 Å². The largest absolute Gasteiger partial charge is 0.391 e. The van der Waals surface area contributed by atoms with Crippen molar-refractivity contribution in [2.75, 3.05) is 25.1 Å². The number of fused-ring (bicyclic) bond motifs is 1. The Bertz CT molecular complexity index is 1490. The number of aliphatic hydroxyl groups is 1. The van der Waals surface area contributed by atoms with Crippen LogP contribution in [0.5, 0.6) is 0 Å². The molecule has 1 aromatic heterocycles. The summed E-state index contributed by atoms with van der Waals surface area (Å²) < 4.78 is 5.36. The minimum Gasteiger partial charge on any atom is -0.391 e. The highest BCUT2D eigenvalue weighted by molar-refractivity contribution is 6.35. The van der Waals surface area contributed by atoms with Crippen LogP contribution in [0, 0.1) is 19.8 Å². The molecule has 5 N–H and O–H groups in total. The average Bonchev–Trinajstić information content (AvgIpc) is 3.45. The third-order valence-electron chi connectivity index (χ3n) is 7.99. The summed E-state index contributed by atoms with van der Waals surface area (Å²) in [6, 6.07) is 14.7. The number of aromatic amines is 1. The van der Waals surface area contributed by atoms with Gasteiger partial charge in [0.2, 0.25) is 0 Å². The Kier molecular flexibility index (Phi) is 8.37. The number of ether oxygens (including phenoxy) is 1. The Balaban J connectivity index is 1.33. The fourth-order valence-corrected chi connectivity index (χ4v) is 5.53.